The van der Waals surface area contributed by atoms with E-state index in [4.69, 9.17) is 4.74 Å². The number of carbonyl (C=O) groups excluding carboxylic acids is 1. The Hall–Kier alpha value is -3.47. The standard InChI is InChI=1S/C24H23N6O8PS3/c1-13-25-26-23(42-13)41-12-14-11-40-22-24(38-2,21(33)28(22)19(14)20(31)32)27-39(17-7-3-15(4-8-17)29(34)35)18-9-5-16(6-10-18)30(36)37/h3-10,22,27H,11-12,39H2,1-2H3,(H,31,32)/t22-,24-/m0/s1. The van der Waals surface area contributed by atoms with Crippen molar-refractivity contribution in [2.45, 2.75) is 22.4 Å². The Morgan fingerprint density at radius 1 is 1.14 bits per heavy atom. The van der Waals surface area contributed by atoms with Crippen molar-refractivity contribution in [3.05, 3.63) is 85.0 Å². The van der Waals surface area contributed by atoms with E-state index in [-0.39, 0.29) is 17.1 Å². The van der Waals surface area contributed by atoms with Crippen LogP contribution in [0.3, 0.4) is 0 Å². The molecule has 3 aromatic rings. The SMILES string of the molecule is CO[C@@]1(N[PH2](c2ccc([N+](=O)[O-])cc2)c2ccc([N+](=O)[O-])cc2)C(=O)N2C(C(=O)O)=C(CSc3nnc(C)s3)CS[C@H]21. The topological polar surface area (TPSA) is 191 Å². The van der Waals surface area contributed by atoms with Crippen LogP contribution in [-0.4, -0.2) is 71.6 Å². The van der Waals surface area contributed by atoms with Crippen molar-refractivity contribution in [1.82, 2.24) is 20.2 Å². The van der Waals surface area contributed by atoms with Crippen molar-refractivity contribution in [1.29, 1.82) is 0 Å². The fraction of sp³-hybridized carbons (Fsp3) is 0.250. The summed E-state index contributed by atoms with van der Waals surface area (Å²) in [5, 5.41) is 45.4. The summed E-state index contributed by atoms with van der Waals surface area (Å²) in [7, 11) is -1.29. The van der Waals surface area contributed by atoms with Crippen LogP contribution in [0.4, 0.5) is 11.4 Å². The van der Waals surface area contributed by atoms with Gasteiger partial charge in [-0.05, 0) is 0 Å². The number of hydrogen-bond donors (Lipinski definition) is 2. The fourth-order valence-electron chi connectivity index (χ4n) is 4.72. The summed E-state index contributed by atoms with van der Waals surface area (Å²) in [5.41, 5.74) is -1.36. The average molecular weight is 651 g/mol. The number of nitrogens with one attached hydrogen (secondary N) is 1. The van der Waals surface area contributed by atoms with Gasteiger partial charge in [-0.3, -0.25) is 0 Å². The molecule has 2 aliphatic heterocycles. The summed E-state index contributed by atoms with van der Waals surface area (Å²) in [6.07, 6.45) is 0. The van der Waals surface area contributed by atoms with Gasteiger partial charge in [0.25, 0.3) is 0 Å². The summed E-state index contributed by atoms with van der Waals surface area (Å²) in [4.78, 5) is 48.9. The minimum atomic E-state index is -2.64. The number of nitro groups is 2. The van der Waals surface area contributed by atoms with Gasteiger partial charge in [0.05, 0.1) is 0 Å². The van der Waals surface area contributed by atoms with E-state index in [9.17, 15) is 34.9 Å². The number of benzene rings is 2. The summed E-state index contributed by atoms with van der Waals surface area (Å²) >= 11 is 4.10. The number of rotatable bonds is 11. The number of ether oxygens (including phenoxy) is 1. The van der Waals surface area contributed by atoms with Crippen LogP contribution < -0.4 is 15.7 Å². The number of amides is 1. The zero-order valence-corrected chi connectivity index (χ0v) is 25.6. The van der Waals surface area contributed by atoms with E-state index in [1.54, 1.807) is 24.3 Å². The number of carboxylic acid groups (broad SMARTS) is 1. The number of aliphatic carboxylic acids is 1. The second-order valence-corrected chi connectivity index (χ2v) is 15.1. The Morgan fingerprint density at radius 2 is 1.71 bits per heavy atom. The number of carbonyl (C=O) groups is 2. The third kappa shape index (κ3) is 5.50. The van der Waals surface area contributed by atoms with Crippen molar-refractivity contribution in [2.75, 3.05) is 18.6 Å². The molecule has 1 aromatic heterocycles. The number of methoxy groups -OCH3 is 1. The summed E-state index contributed by atoms with van der Waals surface area (Å²) in [6, 6.07) is 11.7. The van der Waals surface area contributed by atoms with Gasteiger partial charge in [0, 0.05) is 0 Å². The molecule has 14 nitrogen and oxygen atoms in total. The van der Waals surface area contributed by atoms with E-state index in [1.807, 2.05) is 6.92 Å². The molecule has 2 aromatic carbocycles. The number of hydrogen-bond acceptors (Lipinski definition) is 13. The van der Waals surface area contributed by atoms with Crippen LogP contribution in [0.5, 0.6) is 0 Å². The van der Waals surface area contributed by atoms with Crippen molar-refractivity contribution in [2.24, 2.45) is 0 Å². The molecule has 0 saturated carbocycles. The third-order valence-corrected chi connectivity index (χ3v) is 13.0. The minimum absolute atomic E-state index is 0.101. The Bertz CT molecular complexity index is 1540. The van der Waals surface area contributed by atoms with Crippen LogP contribution in [0, 0.1) is 27.2 Å². The predicted molar refractivity (Wildman–Crippen MR) is 161 cm³/mol. The van der Waals surface area contributed by atoms with Gasteiger partial charge in [0.15, 0.2) is 0 Å². The molecular formula is C24H23N6O8PS3. The first-order chi connectivity index (χ1) is 20.1. The zero-order chi connectivity index (χ0) is 30.2. The van der Waals surface area contributed by atoms with Gasteiger partial charge < -0.3 is 0 Å². The fourth-order valence-corrected chi connectivity index (χ4v) is 10.9. The van der Waals surface area contributed by atoms with E-state index in [2.05, 4.69) is 15.3 Å². The van der Waals surface area contributed by atoms with Crippen LogP contribution in [0.15, 0.2) is 64.1 Å². The Balaban J connectivity index is 1.47. The molecule has 1 amide bonds. The predicted octanol–water partition coefficient (Wildman–Crippen LogP) is 2.45. The number of thioether (sulfide) groups is 2. The molecule has 0 radical (unpaired) electrons. The molecule has 1 fully saturated rings. The van der Waals surface area contributed by atoms with Crippen LogP contribution in [-0.2, 0) is 14.3 Å². The molecule has 0 spiro atoms. The van der Waals surface area contributed by atoms with E-state index < -0.39 is 40.9 Å². The third-order valence-electron chi connectivity index (χ3n) is 6.75. The van der Waals surface area contributed by atoms with Gasteiger partial charge in [0.2, 0.25) is 0 Å². The van der Waals surface area contributed by atoms with Crippen molar-refractivity contribution < 1.29 is 29.3 Å². The first kappa shape index (κ1) is 30.0. The van der Waals surface area contributed by atoms with Gasteiger partial charge >= 0.3 is 252 Å². The summed E-state index contributed by atoms with van der Waals surface area (Å²) in [5.74, 6) is -1.18. The molecular weight excluding hydrogens is 627 g/mol. The molecule has 5 rings (SSSR count). The van der Waals surface area contributed by atoms with E-state index in [0.717, 1.165) is 5.01 Å². The molecule has 220 valence electrons. The van der Waals surface area contributed by atoms with Crippen molar-refractivity contribution in [3.8, 4) is 0 Å². The number of nitro benzene ring substituents is 2. The Labute approximate surface area is 251 Å². The number of fused-ring (bicyclic) bond motifs is 1. The molecule has 0 aliphatic carbocycles. The first-order valence-corrected chi connectivity index (χ1v) is 16.8. The molecule has 1 saturated heterocycles. The number of nitrogens with zero attached hydrogens (tertiary/aromatic N) is 5. The summed E-state index contributed by atoms with van der Waals surface area (Å²) in [6.45, 7) is 1.82. The van der Waals surface area contributed by atoms with Crippen LogP contribution >= 0.6 is 42.9 Å². The Morgan fingerprint density at radius 3 is 2.17 bits per heavy atom. The molecule has 0 unspecified atom stereocenters. The van der Waals surface area contributed by atoms with E-state index in [1.165, 1.54) is 71.1 Å². The van der Waals surface area contributed by atoms with E-state index in [0.29, 0.717) is 32.0 Å². The van der Waals surface area contributed by atoms with Crippen molar-refractivity contribution in [3.63, 3.8) is 0 Å². The van der Waals surface area contributed by atoms with Gasteiger partial charge in [-0.15, -0.1) is 0 Å². The van der Waals surface area contributed by atoms with Gasteiger partial charge in [-0.1, -0.05) is 0 Å². The normalized spacial score (nSPS) is 20.1. The van der Waals surface area contributed by atoms with Crippen LogP contribution in [0.2, 0.25) is 0 Å². The quantitative estimate of drug-likeness (QED) is 0.0769. The number of aryl methyl sites for hydroxylation is 1. The first-order valence-electron chi connectivity index (χ1n) is 12.2. The van der Waals surface area contributed by atoms with Crippen molar-refractivity contribution >= 4 is 76.8 Å². The van der Waals surface area contributed by atoms with Gasteiger partial charge in [0.1, 0.15) is 0 Å². The maximum absolute atomic E-state index is 13.8. The molecule has 0 bridgehead atoms. The number of aromatic nitrogens is 2. The molecule has 18 heteroatoms. The summed E-state index contributed by atoms with van der Waals surface area (Å²) < 4.78 is 6.50. The number of β-lactam (4-membered cyclic amide) rings is 1. The monoisotopic (exact) mass is 650 g/mol. The molecule has 2 atom stereocenters. The second kappa shape index (κ2) is 12.0. The average Bonchev–Trinajstić information content (AvgIpc) is 3.41. The van der Waals surface area contributed by atoms with Crippen LogP contribution in [0.25, 0.3) is 0 Å². The number of carboxylic acids is 1. The van der Waals surface area contributed by atoms with E-state index >= 15 is 0 Å². The Kier molecular flexibility index (Phi) is 8.59. The maximum atomic E-state index is 13.8. The van der Waals surface area contributed by atoms with Gasteiger partial charge in [-0.25, -0.2) is 0 Å². The molecule has 2 N–H and O–H groups in total. The zero-order valence-electron chi connectivity index (χ0n) is 22.0. The molecule has 2 aliphatic rings. The second-order valence-electron chi connectivity index (χ2n) is 9.19. The molecule has 42 heavy (non-hydrogen) atoms. The van der Waals surface area contributed by atoms with Gasteiger partial charge in [-0.2, -0.15) is 0 Å². The molecule has 3 heterocycles. The van der Waals surface area contributed by atoms with Crippen LogP contribution in [0.1, 0.15) is 5.01 Å². The number of non-ortho nitro benzene ring substituents is 2.